The second kappa shape index (κ2) is 3.36. The van der Waals surface area contributed by atoms with Crippen molar-refractivity contribution in [2.75, 3.05) is 12.3 Å². The van der Waals surface area contributed by atoms with Crippen LogP contribution in [0.1, 0.15) is 27.2 Å². The summed E-state index contributed by atoms with van der Waals surface area (Å²) in [7, 11) is 0. The van der Waals surface area contributed by atoms with Crippen LogP contribution in [0.2, 0.25) is 0 Å². The predicted molar refractivity (Wildman–Crippen MR) is 52.9 cm³/mol. The van der Waals surface area contributed by atoms with Gasteiger partial charge in [0.2, 0.25) is 0 Å². The van der Waals surface area contributed by atoms with Crippen LogP contribution in [0.5, 0.6) is 0 Å². The summed E-state index contributed by atoms with van der Waals surface area (Å²) < 4.78 is 0.471. The first kappa shape index (κ1) is 9.40. The van der Waals surface area contributed by atoms with Crippen molar-refractivity contribution in [2.45, 2.75) is 31.9 Å². The topological polar surface area (TPSA) is 26.0 Å². The third-order valence-corrected chi connectivity index (χ3v) is 4.34. The second-order valence-electron chi connectivity index (χ2n) is 4.06. The standard InChI is InChI=1S/C9H19NS/c1-7(6-10)8-4-5-11-9(8,2)3/h7-8H,4-6,10H2,1-3H3. The fourth-order valence-corrected chi connectivity index (χ4v) is 3.50. The summed E-state index contributed by atoms with van der Waals surface area (Å²) in [6.07, 6.45) is 1.36. The van der Waals surface area contributed by atoms with E-state index in [4.69, 9.17) is 5.73 Å². The minimum Gasteiger partial charge on any atom is -0.330 e. The first-order chi connectivity index (χ1) is 5.08. The van der Waals surface area contributed by atoms with Gasteiger partial charge >= 0.3 is 0 Å². The van der Waals surface area contributed by atoms with Gasteiger partial charge in [0.25, 0.3) is 0 Å². The molecular formula is C9H19NS. The molecule has 1 nitrogen and oxygen atoms in total. The fraction of sp³-hybridized carbons (Fsp3) is 1.00. The molecule has 0 spiro atoms. The lowest BCUT2D eigenvalue weighted by Gasteiger charge is -2.30. The summed E-state index contributed by atoms with van der Waals surface area (Å²) in [5.41, 5.74) is 5.66. The highest BCUT2D eigenvalue weighted by Crippen LogP contribution is 2.45. The summed E-state index contributed by atoms with van der Waals surface area (Å²) in [5, 5.41) is 0. The molecule has 2 unspecified atom stereocenters. The lowest BCUT2D eigenvalue weighted by Crippen LogP contribution is -2.31. The highest BCUT2D eigenvalue weighted by atomic mass is 32.2. The molecule has 66 valence electrons. The van der Waals surface area contributed by atoms with Crippen molar-refractivity contribution in [3.63, 3.8) is 0 Å². The quantitative estimate of drug-likeness (QED) is 0.692. The van der Waals surface area contributed by atoms with Crippen molar-refractivity contribution in [3.8, 4) is 0 Å². The van der Waals surface area contributed by atoms with Crippen molar-refractivity contribution in [1.82, 2.24) is 0 Å². The Morgan fingerprint density at radius 2 is 2.27 bits per heavy atom. The zero-order valence-corrected chi connectivity index (χ0v) is 8.58. The SMILES string of the molecule is CC(CN)C1CCSC1(C)C. The summed E-state index contributed by atoms with van der Waals surface area (Å²) in [4.78, 5) is 0. The molecule has 0 amide bonds. The summed E-state index contributed by atoms with van der Waals surface area (Å²) >= 11 is 2.10. The molecule has 0 bridgehead atoms. The van der Waals surface area contributed by atoms with E-state index in [0.717, 1.165) is 12.5 Å². The molecule has 0 aromatic rings. The molecule has 0 saturated carbocycles. The van der Waals surface area contributed by atoms with Crippen LogP contribution in [-0.4, -0.2) is 17.0 Å². The van der Waals surface area contributed by atoms with Crippen LogP contribution in [0, 0.1) is 11.8 Å². The van der Waals surface area contributed by atoms with Gasteiger partial charge in [-0.25, -0.2) is 0 Å². The van der Waals surface area contributed by atoms with Gasteiger partial charge in [0.1, 0.15) is 0 Å². The van der Waals surface area contributed by atoms with Gasteiger partial charge in [0.05, 0.1) is 0 Å². The average molecular weight is 173 g/mol. The van der Waals surface area contributed by atoms with Gasteiger partial charge in [-0.3, -0.25) is 0 Å². The van der Waals surface area contributed by atoms with Crippen LogP contribution in [0.3, 0.4) is 0 Å². The first-order valence-corrected chi connectivity index (χ1v) is 5.40. The predicted octanol–water partition coefficient (Wildman–Crippen LogP) is 2.11. The van der Waals surface area contributed by atoms with Gasteiger partial charge in [0, 0.05) is 4.75 Å². The minimum atomic E-state index is 0.471. The van der Waals surface area contributed by atoms with Gasteiger partial charge in [-0.2, -0.15) is 11.8 Å². The molecule has 2 atom stereocenters. The molecule has 0 aromatic heterocycles. The Morgan fingerprint density at radius 3 is 2.64 bits per heavy atom. The molecule has 1 aliphatic rings. The Kier molecular flexibility index (Phi) is 2.87. The van der Waals surface area contributed by atoms with E-state index in [1.807, 2.05) is 0 Å². The number of hydrogen-bond donors (Lipinski definition) is 1. The maximum atomic E-state index is 5.66. The molecule has 2 heteroatoms. The monoisotopic (exact) mass is 173 g/mol. The van der Waals surface area contributed by atoms with Crippen LogP contribution >= 0.6 is 11.8 Å². The Labute approximate surface area is 74.1 Å². The van der Waals surface area contributed by atoms with Crippen molar-refractivity contribution >= 4 is 11.8 Å². The van der Waals surface area contributed by atoms with Crippen molar-refractivity contribution < 1.29 is 0 Å². The van der Waals surface area contributed by atoms with Crippen LogP contribution in [0.4, 0.5) is 0 Å². The van der Waals surface area contributed by atoms with Gasteiger partial charge < -0.3 is 5.73 Å². The molecule has 1 rings (SSSR count). The van der Waals surface area contributed by atoms with Crippen molar-refractivity contribution in [3.05, 3.63) is 0 Å². The highest BCUT2D eigenvalue weighted by Gasteiger charge is 2.37. The molecule has 2 N–H and O–H groups in total. The van der Waals surface area contributed by atoms with E-state index in [9.17, 15) is 0 Å². The van der Waals surface area contributed by atoms with Gasteiger partial charge in [-0.05, 0) is 30.6 Å². The third kappa shape index (κ3) is 1.91. The Bertz CT molecular complexity index is 134. The molecule has 0 radical (unpaired) electrons. The zero-order valence-electron chi connectivity index (χ0n) is 7.76. The molecule has 1 heterocycles. The largest absolute Gasteiger partial charge is 0.330 e. The number of nitrogens with two attached hydrogens (primary N) is 1. The zero-order chi connectivity index (χ0) is 8.48. The fourth-order valence-electron chi connectivity index (χ4n) is 2.04. The molecular weight excluding hydrogens is 154 g/mol. The average Bonchev–Trinajstić information content (AvgIpc) is 2.28. The Hall–Kier alpha value is 0.310. The van der Waals surface area contributed by atoms with Gasteiger partial charge in [-0.15, -0.1) is 0 Å². The maximum absolute atomic E-state index is 5.66. The Balaban J connectivity index is 2.57. The molecule has 0 aromatic carbocycles. The third-order valence-electron chi connectivity index (χ3n) is 2.85. The van der Waals surface area contributed by atoms with E-state index in [-0.39, 0.29) is 0 Å². The Morgan fingerprint density at radius 1 is 1.64 bits per heavy atom. The van der Waals surface area contributed by atoms with Crippen LogP contribution in [0.15, 0.2) is 0 Å². The van der Waals surface area contributed by atoms with Crippen molar-refractivity contribution in [1.29, 1.82) is 0 Å². The summed E-state index contributed by atoms with van der Waals surface area (Å²) in [5.74, 6) is 2.85. The van der Waals surface area contributed by atoms with E-state index >= 15 is 0 Å². The maximum Gasteiger partial charge on any atom is 0.0135 e. The van der Waals surface area contributed by atoms with Gasteiger partial charge in [-0.1, -0.05) is 20.8 Å². The van der Waals surface area contributed by atoms with E-state index in [1.54, 1.807) is 0 Å². The smallest absolute Gasteiger partial charge is 0.0135 e. The van der Waals surface area contributed by atoms with Crippen molar-refractivity contribution in [2.24, 2.45) is 17.6 Å². The molecule has 1 fully saturated rings. The number of thioether (sulfide) groups is 1. The van der Waals surface area contributed by atoms with E-state index in [2.05, 4.69) is 32.5 Å². The highest BCUT2D eigenvalue weighted by molar-refractivity contribution is 8.00. The summed E-state index contributed by atoms with van der Waals surface area (Å²) in [6, 6.07) is 0. The lowest BCUT2D eigenvalue weighted by molar-refractivity contribution is 0.311. The molecule has 1 saturated heterocycles. The summed E-state index contributed by atoms with van der Waals surface area (Å²) in [6.45, 7) is 7.82. The molecule has 0 aliphatic carbocycles. The minimum absolute atomic E-state index is 0.471. The lowest BCUT2D eigenvalue weighted by atomic mass is 9.82. The van der Waals surface area contributed by atoms with E-state index in [0.29, 0.717) is 10.7 Å². The van der Waals surface area contributed by atoms with Gasteiger partial charge in [0.15, 0.2) is 0 Å². The van der Waals surface area contributed by atoms with E-state index in [1.165, 1.54) is 12.2 Å². The van der Waals surface area contributed by atoms with Crippen LogP contribution in [0.25, 0.3) is 0 Å². The molecule has 11 heavy (non-hydrogen) atoms. The number of hydrogen-bond acceptors (Lipinski definition) is 2. The van der Waals surface area contributed by atoms with E-state index < -0.39 is 0 Å². The number of rotatable bonds is 2. The normalized spacial score (nSPS) is 32.2. The van der Waals surface area contributed by atoms with Crippen LogP contribution < -0.4 is 5.73 Å². The second-order valence-corrected chi connectivity index (χ2v) is 5.81. The molecule has 1 aliphatic heterocycles. The first-order valence-electron chi connectivity index (χ1n) is 4.42. The van der Waals surface area contributed by atoms with Crippen LogP contribution in [-0.2, 0) is 0 Å².